The third-order valence-corrected chi connectivity index (χ3v) is 3.37. The summed E-state index contributed by atoms with van der Waals surface area (Å²) in [6.45, 7) is 2.52. The number of nitrogens with two attached hydrogens (primary N) is 1. The number of hydrogen-bond donors (Lipinski definition) is 2. The van der Waals surface area contributed by atoms with E-state index in [9.17, 15) is 4.79 Å². The van der Waals surface area contributed by atoms with Gasteiger partial charge in [-0.3, -0.25) is 4.79 Å². The highest BCUT2D eigenvalue weighted by molar-refractivity contribution is 6.05. The van der Waals surface area contributed by atoms with Crippen LogP contribution in [0.2, 0.25) is 0 Å². The van der Waals surface area contributed by atoms with Crippen molar-refractivity contribution in [2.75, 3.05) is 12.4 Å². The normalized spacial score (nSPS) is 10.2. The molecule has 1 amide bonds. The SMILES string of the molecule is CCc1ccc(C(=O)Nc2ccc(CN)cc2OC)cc1. The molecular formula is C17H20N2O2. The molecule has 110 valence electrons. The predicted octanol–water partition coefficient (Wildman–Crippen LogP) is 2.97. The fourth-order valence-corrected chi connectivity index (χ4v) is 2.05. The van der Waals surface area contributed by atoms with Gasteiger partial charge in [0, 0.05) is 12.1 Å². The summed E-state index contributed by atoms with van der Waals surface area (Å²) in [7, 11) is 1.57. The minimum Gasteiger partial charge on any atom is -0.495 e. The van der Waals surface area contributed by atoms with Gasteiger partial charge < -0.3 is 15.8 Å². The summed E-state index contributed by atoms with van der Waals surface area (Å²) in [6.07, 6.45) is 0.955. The van der Waals surface area contributed by atoms with E-state index in [1.54, 1.807) is 13.2 Å². The van der Waals surface area contributed by atoms with Gasteiger partial charge in [0.05, 0.1) is 12.8 Å². The summed E-state index contributed by atoms with van der Waals surface area (Å²) in [5.74, 6) is 0.452. The average molecular weight is 284 g/mol. The molecule has 0 aliphatic heterocycles. The second-order valence-electron chi connectivity index (χ2n) is 4.74. The first-order chi connectivity index (χ1) is 10.2. The monoisotopic (exact) mass is 284 g/mol. The van der Waals surface area contributed by atoms with Crippen molar-refractivity contribution in [3.05, 3.63) is 59.2 Å². The van der Waals surface area contributed by atoms with E-state index in [-0.39, 0.29) is 5.91 Å². The molecule has 0 unspecified atom stereocenters. The van der Waals surface area contributed by atoms with Crippen molar-refractivity contribution in [1.29, 1.82) is 0 Å². The lowest BCUT2D eigenvalue weighted by Gasteiger charge is -2.11. The highest BCUT2D eigenvalue weighted by Gasteiger charge is 2.10. The van der Waals surface area contributed by atoms with Crippen LogP contribution in [-0.4, -0.2) is 13.0 Å². The summed E-state index contributed by atoms with van der Waals surface area (Å²) < 4.78 is 5.29. The maximum atomic E-state index is 12.2. The van der Waals surface area contributed by atoms with Crippen molar-refractivity contribution in [2.45, 2.75) is 19.9 Å². The molecule has 0 atom stereocenters. The molecule has 0 bridgehead atoms. The molecule has 0 spiro atoms. The molecule has 4 nitrogen and oxygen atoms in total. The lowest BCUT2D eigenvalue weighted by atomic mass is 10.1. The molecule has 4 heteroatoms. The molecule has 0 saturated carbocycles. The molecule has 2 aromatic carbocycles. The van der Waals surface area contributed by atoms with Crippen LogP contribution in [0.1, 0.15) is 28.4 Å². The molecular weight excluding hydrogens is 264 g/mol. The molecule has 0 aliphatic rings. The molecule has 0 radical (unpaired) electrons. The Hall–Kier alpha value is -2.33. The Morgan fingerprint density at radius 2 is 1.81 bits per heavy atom. The highest BCUT2D eigenvalue weighted by Crippen LogP contribution is 2.26. The predicted molar refractivity (Wildman–Crippen MR) is 84.7 cm³/mol. The number of aryl methyl sites for hydroxylation is 1. The van der Waals surface area contributed by atoms with Crippen LogP contribution in [0.5, 0.6) is 5.75 Å². The van der Waals surface area contributed by atoms with Crippen molar-refractivity contribution in [3.63, 3.8) is 0 Å². The fraction of sp³-hybridized carbons (Fsp3) is 0.235. The minimum absolute atomic E-state index is 0.156. The van der Waals surface area contributed by atoms with Crippen LogP contribution in [0, 0.1) is 0 Å². The van der Waals surface area contributed by atoms with E-state index in [1.807, 2.05) is 36.4 Å². The number of amides is 1. The Morgan fingerprint density at radius 1 is 1.14 bits per heavy atom. The Labute approximate surface area is 124 Å². The van der Waals surface area contributed by atoms with Gasteiger partial charge in [-0.1, -0.05) is 25.1 Å². The van der Waals surface area contributed by atoms with Crippen LogP contribution in [0.3, 0.4) is 0 Å². The van der Waals surface area contributed by atoms with Crippen molar-refractivity contribution in [1.82, 2.24) is 0 Å². The third-order valence-electron chi connectivity index (χ3n) is 3.37. The van der Waals surface area contributed by atoms with E-state index in [0.29, 0.717) is 23.5 Å². The number of hydrogen-bond acceptors (Lipinski definition) is 3. The molecule has 0 fully saturated rings. The maximum Gasteiger partial charge on any atom is 0.255 e. The molecule has 3 N–H and O–H groups in total. The summed E-state index contributed by atoms with van der Waals surface area (Å²) in [6, 6.07) is 13.1. The van der Waals surface area contributed by atoms with Gasteiger partial charge in [-0.25, -0.2) is 0 Å². The summed E-state index contributed by atoms with van der Waals surface area (Å²) >= 11 is 0. The van der Waals surface area contributed by atoms with Gasteiger partial charge >= 0.3 is 0 Å². The second-order valence-corrected chi connectivity index (χ2v) is 4.74. The third kappa shape index (κ3) is 3.61. The van der Waals surface area contributed by atoms with Gasteiger partial charge in [-0.2, -0.15) is 0 Å². The second kappa shape index (κ2) is 6.90. The van der Waals surface area contributed by atoms with Crippen molar-refractivity contribution < 1.29 is 9.53 Å². The zero-order valence-electron chi connectivity index (χ0n) is 12.3. The Balaban J connectivity index is 2.18. The molecule has 0 aromatic heterocycles. The smallest absolute Gasteiger partial charge is 0.255 e. The maximum absolute atomic E-state index is 12.2. The highest BCUT2D eigenvalue weighted by atomic mass is 16.5. The van der Waals surface area contributed by atoms with E-state index in [0.717, 1.165) is 12.0 Å². The number of nitrogens with one attached hydrogen (secondary N) is 1. The van der Waals surface area contributed by atoms with Crippen LogP contribution in [0.4, 0.5) is 5.69 Å². The fourth-order valence-electron chi connectivity index (χ4n) is 2.05. The van der Waals surface area contributed by atoms with Gasteiger partial charge in [0.15, 0.2) is 0 Å². The molecule has 0 saturated heterocycles. The van der Waals surface area contributed by atoms with Crippen molar-refractivity contribution in [3.8, 4) is 5.75 Å². The largest absolute Gasteiger partial charge is 0.495 e. The van der Waals surface area contributed by atoms with E-state index in [2.05, 4.69) is 12.2 Å². The zero-order valence-corrected chi connectivity index (χ0v) is 12.3. The van der Waals surface area contributed by atoms with E-state index in [1.165, 1.54) is 5.56 Å². The summed E-state index contributed by atoms with van der Waals surface area (Å²) in [5.41, 5.74) is 9.02. The minimum atomic E-state index is -0.156. The Morgan fingerprint density at radius 3 is 2.38 bits per heavy atom. The van der Waals surface area contributed by atoms with Crippen molar-refractivity contribution >= 4 is 11.6 Å². The summed E-state index contributed by atoms with van der Waals surface area (Å²) in [5, 5.41) is 2.86. The zero-order chi connectivity index (χ0) is 15.2. The molecule has 2 rings (SSSR count). The summed E-state index contributed by atoms with van der Waals surface area (Å²) in [4.78, 5) is 12.2. The van der Waals surface area contributed by atoms with Crippen LogP contribution in [-0.2, 0) is 13.0 Å². The number of rotatable bonds is 5. The topological polar surface area (TPSA) is 64.4 Å². The van der Waals surface area contributed by atoms with Crippen molar-refractivity contribution in [2.24, 2.45) is 5.73 Å². The lowest BCUT2D eigenvalue weighted by molar-refractivity contribution is 0.102. The first-order valence-electron chi connectivity index (χ1n) is 6.95. The molecule has 2 aromatic rings. The molecule has 0 aliphatic carbocycles. The van der Waals surface area contributed by atoms with Gasteiger partial charge in [0.2, 0.25) is 0 Å². The number of carbonyl (C=O) groups is 1. The Kier molecular flexibility index (Phi) is 4.95. The van der Waals surface area contributed by atoms with E-state index < -0.39 is 0 Å². The Bertz CT molecular complexity index is 621. The first-order valence-corrected chi connectivity index (χ1v) is 6.95. The van der Waals surface area contributed by atoms with Gasteiger partial charge in [-0.15, -0.1) is 0 Å². The van der Waals surface area contributed by atoms with Crippen LogP contribution >= 0.6 is 0 Å². The number of benzene rings is 2. The van der Waals surface area contributed by atoms with Crippen LogP contribution < -0.4 is 15.8 Å². The van der Waals surface area contributed by atoms with Gasteiger partial charge in [0.25, 0.3) is 5.91 Å². The van der Waals surface area contributed by atoms with Gasteiger partial charge in [0.1, 0.15) is 5.75 Å². The van der Waals surface area contributed by atoms with E-state index in [4.69, 9.17) is 10.5 Å². The quantitative estimate of drug-likeness (QED) is 0.887. The molecule has 0 heterocycles. The number of anilines is 1. The van der Waals surface area contributed by atoms with E-state index >= 15 is 0 Å². The van der Waals surface area contributed by atoms with Crippen LogP contribution in [0.25, 0.3) is 0 Å². The average Bonchev–Trinajstić information content (AvgIpc) is 2.55. The lowest BCUT2D eigenvalue weighted by Crippen LogP contribution is -2.13. The first kappa shape index (κ1) is 15.1. The molecule has 21 heavy (non-hydrogen) atoms. The van der Waals surface area contributed by atoms with Gasteiger partial charge in [-0.05, 0) is 41.8 Å². The van der Waals surface area contributed by atoms with Crippen LogP contribution in [0.15, 0.2) is 42.5 Å². The standard InChI is InChI=1S/C17H20N2O2/c1-3-12-4-7-14(8-5-12)17(20)19-15-9-6-13(11-18)10-16(15)21-2/h4-10H,3,11,18H2,1-2H3,(H,19,20). The number of ether oxygens (including phenoxy) is 1. The number of carbonyl (C=O) groups excluding carboxylic acids is 1. The number of methoxy groups -OCH3 is 1.